The van der Waals surface area contributed by atoms with Crippen LogP contribution < -0.4 is 5.32 Å². The molecular weight excluding hydrogens is 278 g/mol. The van der Waals surface area contributed by atoms with Crippen molar-refractivity contribution in [3.8, 4) is 0 Å². The first-order chi connectivity index (χ1) is 10.6. The van der Waals surface area contributed by atoms with Crippen LogP contribution in [0.15, 0.2) is 24.7 Å². The molecule has 1 N–H and O–H groups in total. The largest absolute Gasteiger partial charge is 0.304 e. The number of hydrogen-bond donors (Lipinski definition) is 1. The van der Waals surface area contributed by atoms with Gasteiger partial charge in [-0.1, -0.05) is 20.3 Å². The molecule has 0 aliphatic heterocycles. The fourth-order valence-corrected chi connectivity index (χ4v) is 2.63. The van der Waals surface area contributed by atoms with Crippen LogP contribution in [-0.4, -0.2) is 25.7 Å². The van der Waals surface area contributed by atoms with Crippen LogP contribution in [0.1, 0.15) is 55.2 Å². The smallest absolute Gasteiger partial charge is 0.275 e. The second-order valence-corrected chi connectivity index (χ2v) is 6.09. The lowest BCUT2D eigenvalue weighted by Crippen LogP contribution is -2.24. The van der Waals surface area contributed by atoms with Crippen molar-refractivity contribution < 1.29 is 4.79 Å². The molecule has 0 saturated heterocycles. The first-order valence-electron chi connectivity index (χ1n) is 7.79. The number of aromatic nitrogens is 4. The molecule has 0 atom stereocenters. The summed E-state index contributed by atoms with van der Waals surface area (Å²) < 4.78 is 1.80. The zero-order valence-electron chi connectivity index (χ0n) is 13.0. The number of rotatable bonds is 5. The van der Waals surface area contributed by atoms with E-state index < -0.39 is 0 Å². The van der Waals surface area contributed by atoms with Crippen LogP contribution in [0.25, 0.3) is 0 Å². The van der Waals surface area contributed by atoms with Crippen LogP contribution in [0.3, 0.4) is 0 Å². The molecule has 1 amide bonds. The summed E-state index contributed by atoms with van der Waals surface area (Å²) in [5.74, 6) is 1.19. The molecule has 1 fully saturated rings. The lowest BCUT2D eigenvalue weighted by Gasteiger charge is -2.25. The van der Waals surface area contributed by atoms with Crippen molar-refractivity contribution in [1.29, 1.82) is 0 Å². The average molecular weight is 299 g/mol. The summed E-state index contributed by atoms with van der Waals surface area (Å²) in [6, 6.07) is 1.75. The molecule has 0 unspecified atom stereocenters. The molecule has 6 heteroatoms. The molecule has 116 valence electrons. The quantitative estimate of drug-likeness (QED) is 0.921. The molecule has 0 radical (unpaired) electrons. The van der Waals surface area contributed by atoms with Crippen LogP contribution in [0.4, 0.5) is 5.82 Å². The summed E-state index contributed by atoms with van der Waals surface area (Å²) in [7, 11) is 0. The van der Waals surface area contributed by atoms with Gasteiger partial charge in [-0.3, -0.25) is 14.5 Å². The van der Waals surface area contributed by atoms with Crippen LogP contribution in [0.5, 0.6) is 0 Å². The molecular formula is C16H21N5O. The molecule has 1 aliphatic rings. The molecule has 1 aliphatic carbocycles. The summed E-state index contributed by atoms with van der Waals surface area (Å²) >= 11 is 0. The van der Waals surface area contributed by atoms with Crippen LogP contribution in [0.2, 0.25) is 0 Å². The van der Waals surface area contributed by atoms with Crippen molar-refractivity contribution in [3.05, 3.63) is 36.0 Å². The summed E-state index contributed by atoms with van der Waals surface area (Å²) in [6.07, 6.45) is 8.64. The van der Waals surface area contributed by atoms with Gasteiger partial charge < -0.3 is 5.32 Å². The number of carbonyl (C=O) groups is 1. The van der Waals surface area contributed by atoms with Gasteiger partial charge in [0.1, 0.15) is 5.69 Å². The van der Waals surface area contributed by atoms with Crippen molar-refractivity contribution in [2.24, 2.45) is 5.92 Å². The summed E-state index contributed by atoms with van der Waals surface area (Å²) in [5, 5.41) is 7.15. The van der Waals surface area contributed by atoms with Crippen molar-refractivity contribution >= 4 is 11.7 Å². The van der Waals surface area contributed by atoms with Crippen molar-refractivity contribution in [2.75, 3.05) is 5.32 Å². The molecule has 3 rings (SSSR count). The van der Waals surface area contributed by atoms with E-state index in [1.807, 2.05) is 13.8 Å². The van der Waals surface area contributed by atoms with E-state index in [9.17, 15) is 4.79 Å². The van der Waals surface area contributed by atoms with Gasteiger partial charge in [0.05, 0.1) is 5.69 Å². The molecule has 0 bridgehead atoms. The maximum Gasteiger partial charge on any atom is 0.275 e. The summed E-state index contributed by atoms with van der Waals surface area (Å²) in [6.45, 7) is 4.87. The number of anilines is 1. The van der Waals surface area contributed by atoms with Gasteiger partial charge >= 0.3 is 0 Å². The number of hydrogen-bond acceptors (Lipinski definition) is 4. The van der Waals surface area contributed by atoms with Gasteiger partial charge in [-0.15, -0.1) is 0 Å². The van der Waals surface area contributed by atoms with Crippen LogP contribution >= 0.6 is 0 Å². The number of carbonyl (C=O) groups excluding carboxylic acids is 1. The van der Waals surface area contributed by atoms with Gasteiger partial charge in [-0.05, 0) is 30.7 Å². The van der Waals surface area contributed by atoms with Crippen molar-refractivity contribution in [3.63, 3.8) is 0 Å². The minimum absolute atomic E-state index is 0.181. The van der Waals surface area contributed by atoms with Gasteiger partial charge in [0, 0.05) is 25.1 Å². The Hall–Kier alpha value is -2.24. The molecule has 6 nitrogen and oxygen atoms in total. The Balaban J connectivity index is 1.76. The third-order valence-electron chi connectivity index (χ3n) is 4.11. The van der Waals surface area contributed by atoms with Gasteiger partial charge in [-0.2, -0.15) is 5.10 Å². The maximum absolute atomic E-state index is 12.5. The Labute approximate surface area is 130 Å². The highest BCUT2D eigenvalue weighted by Crippen LogP contribution is 2.28. The SMILES string of the molecule is CC(C)c1nccnc1NC(=O)c1ccnn1CC1CCC1. The van der Waals surface area contributed by atoms with E-state index in [1.54, 1.807) is 29.3 Å². The van der Waals surface area contributed by atoms with Crippen LogP contribution in [-0.2, 0) is 6.54 Å². The highest BCUT2D eigenvalue weighted by Gasteiger charge is 2.22. The average Bonchev–Trinajstić information content (AvgIpc) is 2.91. The zero-order chi connectivity index (χ0) is 15.5. The maximum atomic E-state index is 12.5. The molecule has 22 heavy (non-hydrogen) atoms. The molecule has 1 saturated carbocycles. The fraction of sp³-hybridized carbons (Fsp3) is 0.500. The topological polar surface area (TPSA) is 72.7 Å². The van der Waals surface area contributed by atoms with Gasteiger partial charge in [-0.25, -0.2) is 4.98 Å². The normalized spacial score (nSPS) is 14.9. The Morgan fingerprint density at radius 1 is 1.32 bits per heavy atom. The number of nitrogens with one attached hydrogen (secondary N) is 1. The number of amides is 1. The monoisotopic (exact) mass is 299 g/mol. The summed E-state index contributed by atoms with van der Waals surface area (Å²) in [5.41, 5.74) is 1.37. The Bertz CT molecular complexity index is 660. The third kappa shape index (κ3) is 3.00. The van der Waals surface area contributed by atoms with E-state index in [4.69, 9.17) is 0 Å². The first-order valence-corrected chi connectivity index (χ1v) is 7.79. The Morgan fingerprint density at radius 2 is 2.09 bits per heavy atom. The molecule has 2 heterocycles. The number of nitrogens with zero attached hydrogens (tertiary/aromatic N) is 4. The van der Waals surface area contributed by atoms with Crippen molar-refractivity contribution in [2.45, 2.75) is 45.6 Å². The van der Waals surface area contributed by atoms with E-state index >= 15 is 0 Å². The molecule has 2 aromatic heterocycles. The van der Waals surface area contributed by atoms with E-state index in [1.165, 1.54) is 19.3 Å². The minimum atomic E-state index is -0.181. The first kappa shape index (κ1) is 14.7. The zero-order valence-corrected chi connectivity index (χ0v) is 13.0. The predicted molar refractivity (Wildman–Crippen MR) is 83.6 cm³/mol. The van der Waals surface area contributed by atoms with Gasteiger partial charge in [0.15, 0.2) is 5.82 Å². The Kier molecular flexibility index (Phi) is 4.18. The third-order valence-corrected chi connectivity index (χ3v) is 4.11. The Morgan fingerprint density at radius 3 is 2.77 bits per heavy atom. The second kappa shape index (κ2) is 6.25. The molecule has 2 aromatic rings. The lowest BCUT2D eigenvalue weighted by molar-refractivity contribution is 0.101. The van der Waals surface area contributed by atoms with Gasteiger partial charge in [0.2, 0.25) is 0 Å². The standard InChI is InChI=1S/C16H21N5O/c1-11(2)14-15(18-9-8-17-14)20-16(22)13-6-7-19-21(13)10-12-4-3-5-12/h6-9,11-12H,3-5,10H2,1-2H3,(H,18,20,22). The van der Waals surface area contributed by atoms with E-state index in [-0.39, 0.29) is 11.8 Å². The fourth-order valence-electron chi connectivity index (χ4n) is 2.63. The highest BCUT2D eigenvalue weighted by atomic mass is 16.2. The lowest BCUT2D eigenvalue weighted by atomic mass is 9.85. The highest BCUT2D eigenvalue weighted by molar-refractivity contribution is 6.02. The summed E-state index contributed by atoms with van der Waals surface area (Å²) in [4.78, 5) is 21.1. The second-order valence-electron chi connectivity index (χ2n) is 6.09. The predicted octanol–water partition coefficient (Wildman–Crippen LogP) is 2.85. The van der Waals surface area contributed by atoms with E-state index in [2.05, 4.69) is 20.4 Å². The van der Waals surface area contributed by atoms with Crippen molar-refractivity contribution in [1.82, 2.24) is 19.7 Å². The van der Waals surface area contributed by atoms with E-state index in [0.29, 0.717) is 17.4 Å². The van der Waals surface area contributed by atoms with Crippen LogP contribution in [0, 0.1) is 5.92 Å². The minimum Gasteiger partial charge on any atom is -0.304 e. The molecule has 0 spiro atoms. The molecule has 0 aromatic carbocycles. The van der Waals surface area contributed by atoms with Gasteiger partial charge in [0.25, 0.3) is 5.91 Å². The van der Waals surface area contributed by atoms with E-state index in [0.717, 1.165) is 12.2 Å².